The molecule has 0 heterocycles. The molecule has 0 aromatic rings. The molecule has 4 saturated carbocycles. The molecule has 0 radical (unpaired) electrons. The molecule has 0 aromatic heterocycles. The largest absolute Gasteiger partial charge is 0.393 e. The maximum Gasteiger partial charge on any atom is 0.135 e. The lowest BCUT2D eigenvalue weighted by Crippen LogP contribution is -2.59. The maximum atomic E-state index is 11.9. The average molecular weight is 306 g/mol. The molecule has 0 aromatic carbocycles. The fourth-order valence-electron chi connectivity index (χ4n) is 7.08. The Balaban J connectivity index is 1.67. The molecule has 0 bridgehead atoms. The van der Waals surface area contributed by atoms with Gasteiger partial charge >= 0.3 is 0 Å². The summed E-state index contributed by atoms with van der Waals surface area (Å²) in [6, 6.07) is 0. The Hall–Kier alpha value is -0.410. The quantitative estimate of drug-likeness (QED) is 0.723. The van der Waals surface area contributed by atoms with Gasteiger partial charge in [0.1, 0.15) is 5.78 Å². The van der Waals surface area contributed by atoms with E-state index in [1.54, 1.807) is 0 Å². The molecule has 4 rings (SSSR count). The monoisotopic (exact) mass is 306 g/mol. The third-order valence-electron chi connectivity index (χ3n) is 8.53. The molecule has 4 fully saturated rings. The highest BCUT2D eigenvalue weighted by molar-refractivity contribution is 5.80. The lowest BCUT2D eigenvalue weighted by molar-refractivity contribution is -0.173. The van der Waals surface area contributed by atoms with E-state index in [1.807, 2.05) is 0 Å². The summed E-state index contributed by atoms with van der Waals surface area (Å²) < 4.78 is 0. The minimum Gasteiger partial charge on any atom is -0.393 e. The first-order valence-corrected chi connectivity index (χ1v) is 9.25. The summed E-state index contributed by atoms with van der Waals surface area (Å²) in [6.07, 6.45) is 7.03. The average Bonchev–Trinajstić information content (AvgIpc) is 2.77. The number of carbonyl (C=O) groups is 1. The van der Waals surface area contributed by atoms with Gasteiger partial charge in [-0.15, -0.1) is 0 Å². The van der Waals surface area contributed by atoms with Crippen LogP contribution in [0.5, 0.6) is 0 Å². The molecule has 0 saturated heterocycles. The van der Waals surface area contributed by atoms with E-state index in [2.05, 4.69) is 13.8 Å². The van der Waals surface area contributed by atoms with E-state index < -0.39 is 6.10 Å². The van der Waals surface area contributed by atoms with E-state index in [0.717, 1.165) is 32.1 Å². The summed E-state index contributed by atoms with van der Waals surface area (Å²) in [4.78, 5) is 11.9. The highest BCUT2D eigenvalue weighted by Crippen LogP contribution is 2.65. The van der Waals surface area contributed by atoms with Gasteiger partial charge in [0, 0.05) is 18.3 Å². The second-order valence-electron chi connectivity index (χ2n) is 9.12. The van der Waals surface area contributed by atoms with Crippen molar-refractivity contribution < 1.29 is 15.0 Å². The van der Waals surface area contributed by atoms with Crippen LogP contribution in [-0.2, 0) is 4.79 Å². The Labute approximate surface area is 133 Å². The van der Waals surface area contributed by atoms with Crippen LogP contribution in [0, 0.1) is 34.5 Å². The van der Waals surface area contributed by atoms with Crippen molar-refractivity contribution in [3.8, 4) is 0 Å². The van der Waals surface area contributed by atoms with Gasteiger partial charge < -0.3 is 10.2 Å². The first kappa shape index (κ1) is 15.1. The number of hydrogen-bond donors (Lipinski definition) is 2. The predicted octanol–water partition coefficient (Wildman–Crippen LogP) is 2.93. The second-order valence-corrected chi connectivity index (χ2v) is 9.12. The number of ketones is 1. The molecule has 2 N–H and O–H groups in total. The Morgan fingerprint density at radius 3 is 2.45 bits per heavy atom. The fourth-order valence-corrected chi connectivity index (χ4v) is 7.08. The smallest absolute Gasteiger partial charge is 0.135 e. The van der Waals surface area contributed by atoms with Crippen LogP contribution >= 0.6 is 0 Å². The van der Waals surface area contributed by atoms with Gasteiger partial charge in [0.05, 0.1) is 12.2 Å². The van der Waals surface area contributed by atoms with Crippen molar-refractivity contribution in [2.75, 3.05) is 0 Å². The van der Waals surface area contributed by atoms with Gasteiger partial charge in [-0.05, 0) is 67.6 Å². The van der Waals surface area contributed by atoms with Crippen LogP contribution in [0.15, 0.2) is 0 Å². The standard InChI is InChI=1S/C19H30O3/c1-18-8-7-15-13(14(18)5-6-16(18)21)4-3-11-9-12(20)10-17(22)19(11,15)2/h11,13-17,21-22H,3-10H2,1-2H3/t11?,13-,14-,15-,16-,17?,18-,19-/m0/s1. The Kier molecular flexibility index (Phi) is 3.30. The molecule has 3 nitrogen and oxygen atoms in total. The number of aliphatic hydroxyl groups excluding tert-OH is 2. The first-order chi connectivity index (χ1) is 10.4. The van der Waals surface area contributed by atoms with E-state index in [4.69, 9.17) is 0 Å². The topological polar surface area (TPSA) is 57.5 Å². The number of fused-ring (bicyclic) bond motifs is 5. The molecule has 4 aliphatic carbocycles. The van der Waals surface area contributed by atoms with Crippen molar-refractivity contribution >= 4 is 5.78 Å². The van der Waals surface area contributed by atoms with Crippen LogP contribution in [-0.4, -0.2) is 28.2 Å². The van der Waals surface area contributed by atoms with Crippen molar-refractivity contribution in [3.05, 3.63) is 0 Å². The zero-order valence-electron chi connectivity index (χ0n) is 13.9. The summed E-state index contributed by atoms with van der Waals surface area (Å²) in [6.45, 7) is 4.56. The normalized spacial score (nSPS) is 57.9. The van der Waals surface area contributed by atoms with Crippen LogP contribution in [0.3, 0.4) is 0 Å². The van der Waals surface area contributed by atoms with E-state index in [1.165, 1.54) is 6.42 Å². The molecular weight excluding hydrogens is 276 g/mol. The predicted molar refractivity (Wildman–Crippen MR) is 84.1 cm³/mol. The zero-order chi connectivity index (χ0) is 15.7. The maximum absolute atomic E-state index is 11.9. The summed E-state index contributed by atoms with van der Waals surface area (Å²) in [5, 5.41) is 21.2. The number of rotatable bonds is 0. The van der Waals surface area contributed by atoms with Crippen LogP contribution in [0.25, 0.3) is 0 Å². The number of hydrogen-bond acceptors (Lipinski definition) is 3. The molecule has 3 heteroatoms. The molecule has 22 heavy (non-hydrogen) atoms. The van der Waals surface area contributed by atoms with Crippen LogP contribution in [0.4, 0.5) is 0 Å². The second kappa shape index (κ2) is 4.80. The van der Waals surface area contributed by atoms with Gasteiger partial charge in [-0.2, -0.15) is 0 Å². The van der Waals surface area contributed by atoms with E-state index in [-0.39, 0.29) is 22.7 Å². The van der Waals surface area contributed by atoms with Crippen LogP contribution in [0.2, 0.25) is 0 Å². The third kappa shape index (κ3) is 1.78. The number of carbonyl (C=O) groups excluding carboxylic acids is 1. The van der Waals surface area contributed by atoms with Crippen molar-refractivity contribution in [1.29, 1.82) is 0 Å². The van der Waals surface area contributed by atoms with Gasteiger partial charge in [0.25, 0.3) is 0 Å². The van der Waals surface area contributed by atoms with Gasteiger partial charge in [-0.3, -0.25) is 4.79 Å². The fraction of sp³-hybridized carbons (Fsp3) is 0.947. The lowest BCUT2D eigenvalue weighted by Gasteiger charge is -2.61. The minimum atomic E-state index is -0.456. The van der Waals surface area contributed by atoms with Gasteiger partial charge in [0.2, 0.25) is 0 Å². The molecule has 124 valence electrons. The summed E-state index contributed by atoms with van der Waals surface area (Å²) in [7, 11) is 0. The summed E-state index contributed by atoms with van der Waals surface area (Å²) in [5.41, 5.74) is 0.0193. The molecule has 0 amide bonds. The van der Waals surface area contributed by atoms with Gasteiger partial charge in [0.15, 0.2) is 0 Å². The summed E-state index contributed by atoms with van der Waals surface area (Å²) >= 11 is 0. The molecule has 8 atom stereocenters. The molecule has 4 aliphatic rings. The number of aliphatic hydroxyl groups is 2. The number of Topliss-reactive ketones (excluding diaryl/α,β-unsaturated/α-hetero) is 1. The molecular formula is C19H30O3. The van der Waals surface area contributed by atoms with Gasteiger partial charge in [-0.1, -0.05) is 13.8 Å². The minimum absolute atomic E-state index is 0.0777. The SMILES string of the molecule is C[C@]12C(O)CC(=O)CC1CC[C@@H]1[C@@H]2CC[C@]2(C)[C@@H](O)CC[C@@H]12. The van der Waals surface area contributed by atoms with Crippen LogP contribution < -0.4 is 0 Å². The lowest BCUT2D eigenvalue weighted by atomic mass is 9.44. The zero-order valence-corrected chi connectivity index (χ0v) is 13.9. The van der Waals surface area contributed by atoms with E-state index in [0.29, 0.717) is 36.5 Å². The highest BCUT2D eigenvalue weighted by Gasteiger charge is 2.62. The van der Waals surface area contributed by atoms with Crippen molar-refractivity contribution in [2.45, 2.75) is 77.4 Å². The highest BCUT2D eigenvalue weighted by atomic mass is 16.3. The summed E-state index contributed by atoms with van der Waals surface area (Å²) in [5.74, 6) is 2.42. The molecule has 0 aliphatic heterocycles. The first-order valence-electron chi connectivity index (χ1n) is 9.25. The Bertz CT molecular complexity index is 489. The van der Waals surface area contributed by atoms with Crippen molar-refractivity contribution in [3.63, 3.8) is 0 Å². The van der Waals surface area contributed by atoms with Gasteiger partial charge in [-0.25, -0.2) is 0 Å². The van der Waals surface area contributed by atoms with E-state index in [9.17, 15) is 15.0 Å². The Morgan fingerprint density at radius 2 is 1.68 bits per heavy atom. The van der Waals surface area contributed by atoms with Crippen molar-refractivity contribution in [2.24, 2.45) is 34.5 Å². The Morgan fingerprint density at radius 1 is 0.909 bits per heavy atom. The van der Waals surface area contributed by atoms with Crippen molar-refractivity contribution in [1.82, 2.24) is 0 Å². The van der Waals surface area contributed by atoms with Crippen LogP contribution in [0.1, 0.15) is 65.2 Å². The third-order valence-corrected chi connectivity index (χ3v) is 8.53. The van der Waals surface area contributed by atoms with E-state index >= 15 is 0 Å². The molecule has 2 unspecified atom stereocenters. The molecule has 0 spiro atoms.